The number of nitrogens with zero attached hydrogens (tertiary/aromatic N) is 3. The van der Waals surface area contributed by atoms with Crippen LogP contribution < -0.4 is 16.0 Å². The molecule has 7 N–H and O–H groups in total. The fraction of sp³-hybridized carbons (Fsp3) is 0.481. The number of hydrogen-bond acceptors (Lipinski definition) is 11. The number of ketones is 2. The van der Waals surface area contributed by atoms with Gasteiger partial charge >= 0.3 is 0 Å². The van der Waals surface area contributed by atoms with E-state index in [4.69, 9.17) is 5.73 Å². The molecule has 1 aromatic rings. The first-order chi connectivity index (χ1) is 18.5. The quantitative estimate of drug-likeness (QED) is 0.195. The second kappa shape index (κ2) is 9.82. The lowest BCUT2D eigenvalue weighted by Crippen LogP contribution is -2.65. The zero-order valence-electron chi connectivity index (χ0n) is 23.3. The minimum Gasteiger partial charge on any atom is -0.508 e. The van der Waals surface area contributed by atoms with Crippen molar-refractivity contribution in [1.29, 1.82) is 0 Å². The molecular formula is C27H35N5O8. The van der Waals surface area contributed by atoms with E-state index >= 15 is 0 Å². The third-order valence-electron chi connectivity index (χ3n) is 8.11. The van der Waals surface area contributed by atoms with Gasteiger partial charge in [0.05, 0.1) is 23.8 Å². The molecule has 0 radical (unpaired) electrons. The van der Waals surface area contributed by atoms with Crippen molar-refractivity contribution in [2.75, 3.05) is 59.0 Å². The number of carbonyl (C=O) groups is 4. The van der Waals surface area contributed by atoms with Crippen LogP contribution >= 0.6 is 0 Å². The molecule has 1 saturated carbocycles. The van der Waals surface area contributed by atoms with Gasteiger partial charge in [0.1, 0.15) is 22.8 Å². The number of aromatic hydroxyl groups is 1. The fourth-order valence-corrected chi connectivity index (χ4v) is 6.15. The number of aliphatic hydroxyl groups is 3. The number of primary amides is 1. The van der Waals surface area contributed by atoms with E-state index in [1.165, 1.54) is 9.80 Å². The van der Waals surface area contributed by atoms with Crippen molar-refractivity contribution in [2.24, 2.45) is 17.6 Å². The molecule has 2 amide bonds. The predicted molar refractivity (Wildman–Crippen MR) is 146 cm³/mol. The van der Waals surface area contributed by atoms with Crippen molar-refractivity contribution in [3.8, 4) is 5.75 Å². The number of aliphatic hydroxyl groups excluding tert-OH is 2. The molecule has 3 aliphatic rings. The molecule has 4 rings (SSSR count). The standard InChI is InChI=1S/C27H35N5O8/c1-30(2)15-9-14(29-10-16(33)31(3)4)21(34)18-12(15)7-11-8-13-20(32(5)6)23(36)19(26(28)39)25(38)27(13,40)24(37)17(11)22(18)35/h9,11,13,20,29,34-35,38,40H,7-8,10H2,1-6H3,(H2,28,39)/t11-,13-,20-,27-/m1/s1. The Kier molecular flexibility index (Phi) is 7.10. The molecule has 13 nitrogen and oxygen atoms in total. The Hall–Kier alpha value is -4.10. The van der Waals surface area contributed by atoms with Crippen LogP contribution in [0.4, 0.5) is 11.4 Å². The van der Waals surface area contributed by atoms with Gasteiger partial charge in [-0.25, -0.2) is 0 Å². The molecule has 0 aliphatic heterocycles. The van der Waals surface area contributed by atoms with Crippen molar-refractivity contribution in [3.63, 3.8) is 0 Å². The summed E-state index contributed by atoms with van der Waals surface area (Å²) in [6.45, 7) is -0.152. The van der Waals surface area contributed by atoms with E-state index in [1.807, 2.05) is 0 Å². The lowest BCUT2D eigenvalue weighted by molar-refractivity contribution is -0.153. The molecule has 0 saturated heterocycles. The smallest absolute Gasteiger partial charge is 0.255 e. The number of amides is 2. The summed E-state index contributed by atoms with van der Waals surface area (Å²) in [6, 6.07) is 0.483. The van der Waals surface area contributed by atoms with Gasteiger partial charge in [-0.3, -0.25) is 24.1 Å². The number of rotatable bonds is 6. The van der Waals surface area contributed by atoms with E-state index in [9.17, 15) is 39.6 Å². The largest absolute Gasteiger partial charge is 0.508 e. The van der Waals surface area contributed by atoms with Crippen LogP contribution in [0.25, 0.3) is 5.76 Å². The fourth-order valence-electron chi connectivity index (χ4n) is 6.15. The number of nitrogens with two attached hydrogens (primary N) is 1. The van der Waals surface area contributed by atoms with Gasteiger partial charge in [0.25, 0.3) is 5.91 Å². The van der Waals surface area contributed by atoms with Gasteiger partial charge in [-0.2, -0.15) is 0 Å². The van der Waals surface area contributed by atoms with Gasteiger partial charge in [0.15, 0.2) is 11.4 Å². The molecule has 40 heavy (non-hydrogen) atoms. The second-order valence-corrected chi connectivity index (χ2v) is 11.1. The molecule has 0 unspecified atom stereocenters. The van der Waals surface area contributed by atoms with Crippen molar-refractivity contribution in [1.82, 2.24) is 9.80 Å². The lowest BCUT2D eigenvalue weighted by Gasteiger charge is -2.50. The summed E-state index contributed by atoms with van der Waals surface area (Å²) in [7, 11) is 9.78. The van der Waals surface area contributed by atoms with E-state index in [0.29, 0.717) is 11.3 Å². The van der Waals surface area contributed by atoms with Crippen molar-refractivity contribution < 1.29 is 39.6 Å². The molecule has 0 aromatic heterocycles. The number of likely N-dealkylation sites (N-methyl/N-ethyl adjacent to an activating group) is 2. The molecule has 0 bridgehead atoms. The predicted octanol–water partition coefficient (Wildman–Crippen LogP) is -0.470. The number of hydrogen-bond donors (Lipinski definition) is 6. The highest BCUT2D eigenvalue weighted by atomic mass is 16.3. The molecule has 1 aromatic carbocycles. The number of phenols is 1. The summed E-state index contributed by atoms with van der Waals surface area (Å²) in [5.41, 5.74) is 2.76. The van der Waals surface area contributed by atoms with Crippen LogP contribution in [0, 0.1) is 11.8 Å². The highest BCUT2D eigenvalue weighted by molar-refractivity contribution is 6.24. The summed E-state index contributed by atoms with van der Waals surface area (Å²) in [6.07, 6.45) is 0.156. The number of anilines is 2. The first kappa shape index (κ1) is 28.9. The Bertz CT molecular complexity index is 1400. The monoisotopic (exact) mass is 557 g/mol. The normalized spacial score (nSPS) is 25.9. The summed E-state index contributed by atoms with van der Waals surface area (Å²) in [4.78, 5) is 56.1. The van der Waals surface area contributed by atoms with E-state index in [1.54, 1.807) is 53.3 Å². The highest BCUT2D eigenvalue weighted by Crippen LogP contribution is 2.54. The summed E-state index contributed by atoms with van der Waals surface area (Å²) >= 11 is 0. The van der Waals surface area contributed by atoms with Gasteiger partial charge in [-0.1, -0.05) is 0 Å². The third kappa shape index (κ3) is 4.07. The van der Waals surface area contributed by atoms with E-state index in [2.05, 4.69) is 5.32 Å². The summed E-state index contributed by atoms with van der Waals surface area (Å²) < 4.78 is 0. The van der Waals surface area contributed by atoms with Gasteiger partial charge < -0.3 is 41.3 Å². The third-order valence-corrected chi connectivity index (χ3v) is 8.11. The second-order valence-electron chi connectivity index (χ2n) is 11.1. The number of benzene rings is 1. The Morgan fingerprint density at radius 2 is 1.73 bits per heavy atom. The number of fused-ring (bicyclic) bond motifs is 3. The summed E-state index contributed by atoms with van der Waals surface area (Å²) in [5, 5.41) is 48.3. The average molecular weight is 558 g/mol. The maximum atomic E-state index is 14.0. The topological polar surface area (TPSA) is 197 Å². The lowest BCUT2D eigenvalue weighted by atomic mass is 9.57. The highest BCUT2D eigenvalue weighted by Gasteiger charge is 2.64. The molecule has 1 fully saturated rings. The Morgan fingerprint density at radius 1 is 1.10 bits per heavy atom. The number of carbonyl (C=O) groups excluding carboxylic acids is 4. The maximum absolute atomic E-state index is 14.0. The summed E-state index contributed by atoms with van der Waals surface area (Å²) in [5.74, 6) is -7.42. The first-order valence-corrected chi connectivity index (χ1v) is 12.7. The molecular weight excluding hydrogens is 522 g/mol. The number of Topliss-reactive ketones (excluding diaryl/α,β-unsaturated/α-hetero) is 2. The van der Waals surface area contributed by atoms with Crippen LogP contribution in [-0.2, 0) is 25.6 Å². The van der Waals surface area contributed by atoms with E-state index < -0.39 is 63.8 Å². The zero-order valence-corrected chi connectivity index (χ0v) is 23.3. The Balaban J connectivity index is 1.93. The van der Waals surface area contributed by atoms with Gasteiger partial charge in [-0.05, 0) is 44.5 Å². The van der Waals surface area contributed by atoms with Crippen LogP contribution in [0.15, 0.2) is 23.0 Å². The van der Waals surface area contributed by atoms with Gasteiger partial charge in [0, 0.05) is 45.4 Å². The maximum Gasteiger partial charge on any atom is 0.255 e. The average Bonchev–Trinajstić information content (AvgIpc) is 2.84. The van der Waals surface area contributed by atoms with Crippen LogP contribution in [0.2, 0.25) is 0 Å². The molecule has 216 valence electrons. The Morgan fingerprint density at radius 3 is 2.25 bits per heavy atom. The molecule has 3 aliphatic carbocycles. The van der Waals surface area contributed by atoms with Crippen molar-refractivity contribution in [3.05, 3.63) is 34.1 Å². The molecule has 4 atom stereocenters. The molecule has 0 heterocycles. The van der Waals surface area contributed by atoms with Gasteiger partial charge in [-0.15, -0.1) is 0 Å². The number of nitrogens with one attached hydrogen (secondary N) is 1. The Labute approximate surface area is 231 Å². The minimum absolute atomic E-state index is 0.00324. The number of phenolic OH excluding ortho intramolecular Hbond substituents is 1. The van der Waals surface area contributed by atoms with E-state index in [-0.39, 0.29) is 42.1 Å². The zero-order chi connectivity index (χ0) is 30.0. The van der Waals surface area contributed by atoms with Crippen molar-refractivity contribution >= 4 is 40.5 Å². The first-order valence-electron chi connectivity index (χ1n) is 12.7. The SMILES string of the molecule is CN(C)C(=O)CNc1cc(N(C)C)c2c(c1O)C(O)=C1C(=O)[C@@]3(O)C(O)=C(C(N)=O)C(=O)[C@H](N(C)C)[C@H]3C[C@H]1C2. The van der Waals surface area contributed by atoms with Crippen LogP contribution in [0.3, 0.4) is 0 Å². The van der Waals surface area contributed by atoms with Crippen LogP contribution in [0.1, 0.15) is 17.5 Å². The van der Waals surface area contributed by atoms with E-state index in [0.717, 1.165) is 0 Å². The van der Waals surface area contributed by atoms with Crippen molar-refractivity contribution in [2.45, 2.75) is 24.5 Å². The van der Waals surface area contributed by atoms with Crippen LogP contribution in [-0.4, -0.2) is 114 Å². The molecule has 13 heteroatoms. The minimum atomic E-state index is -2.71. The molecule has 0 spiro atoms. The van der Waals surface area contributed by atoms with Gasteiger partial charge in [0.2, 0.25) is 11.7 Å². The van der Waals surface area contributed by atoms with Crippen LogP contribution in [0.5, 0.6) is 5.75 Å².